The average Bonchev–Trinajstić information content (AvgIpc) is 1.53. The van der Waals surface area contributed by atoms with E-state index in [-0.39, 0.29) is 232 Å². The van der Waals surface area contributed by atoms with Crippen molar-refractivity contribution in [3.05, 3.63) is 368 Å². The van der Waals surface area contributed by atoms with Gasteiger partial charge >= 0.3 is 35.0 Å². The Balaban J connectivity index is 0.504. The Morgan fingerprint density at radius 3 is 0.697 bits per heavy atom. The van der Waals surface area contributed by atoms with Crippen LogP contribution in [-0.2, 0) is 31.0 Å². The summed E-state index contributed by atoms with van der Waals surface area (Å²) in [6, 6.07) is 56.1. The van der Waals surface area contributed by atoms with Crippen LogP contribution in [0.3, 0.4) is 0 Å². The van der Waals surface area contributed by atoms with Crippen LogP contribution in [-0.4, -0.2) is 156 Å². The number of hydrogen-bond donors (Lipinski definition) is 12. The molecule has 0 atom stereocenters. The van der Waals surface area contributed by atoms with Crippen LogP contribution in [0.15, 0.2) is 251 Å². The molecule has 1 aromatic heterocycles. The first-order valence-electron chi connectivity index (χ1n) is 41.9. The molecule has 0 unspecified atom stereocenters. The van der Waals surface area contributed by atoms with Gasteiger partial charge in [-0.05, 0) is 200 Å². The highest BCUT2D eigenvalue weighted by atomic mass is 16.6. The van der Waals surface area contributed by atoms with Crippen molar-refractivity contribution in [2.75, 3.05) is 58.9 Å². The molecule has 19 rings (SSSR count). The number of aromatic hydroxyl groups is 6. The van der Waals surface area contributed by atoms with Crippen LogP contribution in [0.2, 0.25) is 0 Å². The fraction of sp³-hybridized carbons (Fsp3) is 0.152. The van der Waals surface area contributed by atoms with E-state index in [0.29, 0.717) is 50.1 Å². The first-order chi connectivity index (χ1) is 63.8. The topological polar surface area (TPSA) is 469 Å². The number of hydrogen-bond acceptors (Lipinski definition) is 27. The fourth-order valence-electron chi connectivity index (χ4n) is 17.6. The second-order valence-electron chi connectivity index (χ2n) is 31.9. The monoisotopic (exact) mass is 1770 g/mol. The highest BCUT2D eigenvalue weighted by molar-refractivity contribution is 6.04. The first-order valence-corrected chi connectivity index (χ1v) is 41.9. The third-order valence-corrected chi connectivity index (χ3v) is 23.9. The Bertz CT molecular complexity index is 6440. The lowest BCUT2D eigenvalue weighted by Crippen LogP contribution is -2.52. The van der Waals surface area contributed by atoms with E-state index in [4.69, 9.17) is 28.4 Å². The van der Waals surface area contributed by atoms with Gasteiger partial charge in [-0.25, -0.2) is 42.5 Å². The van der Waals surface area contributed by atoms with Gasteiger partial charge in [-0.3, -0.25) is 28.8 Å². The number of phenolic OH excluding ortho intramolecular Hbond substituents is 6. The van der Waals surface area contributed by atoms with E-state index in [9.17, 15) is 88.2 Å². The lowest BCUT2D eigenvalue weighted by atomic mass is 9.77. The molecule has 13 aromatic rings. The molecule has 7 heterocycles. The molecule has 0 bridgehead atoms. The molecule has 0 saturated carbocycles. The standard InChI is InChI=1S/C99H75N9O24/c109-61-16-25-70-82(46-61)127-83-47-62(110)17-26-71(83)97(70)76-43-55(7-22-67(76)91(121)130-97)88(118)103-40-37-100-34-31-79(115)52-1-10-58(11-2-52)106-94(124)107(59-12-3-53(4-13-59)80(116)32-35-101-38-41-104-89(119)56-8-23-68-77(44-56)98(131-92(68)122)72-27-18-63(111)48-84(72)128-85-49-64(112)19-28-73(85)98)96(126)108(95(106)125)60-14-5-54(6-15-60)81(117)33-36-102-39-42-105-90(120)57-9-24-69-78(45-57)99(132-93(69)123)74-29-20-65(113)50-86(74)129-87-51-66(114)21-30-75(87)99/h1-30,43-51,100-102,109-114H,31-42H2,(H,103,118)(H,104,119)(H,105,120). The number of esters is 3. The predicted octanol–water partition coefficient (Wildman–Crippen LogP) is 9.85. The van der Waals surface area contributed by atoms with Crippen molar-refractivity contribution in [3.8, 4) is 86.1 Å². The van der Waals surface area contributed by atoms with Gasteiger partial charge in [0.05, 0.1) is 33.8 Å². The number of phenols is 6. The quantitative estimate of drug-likeness (QED) is 0.00985. The maximum Gasteiger partial charge on any atom is 0.345 e. The van der Waals surface area contributed by atoms with Crippen LogP contribution in [0.1, 0.15) is 163 Å². The fourth-order valence-corrected chi connectivity index (χ4v) is 17.6. The number of nitrogens with zero attached hydrogens (tertiary/aromatic N) is 3. The molecule has 132 heavy (non-hydrogen) atoms. The molecule has 0 saturated heterocycles. The second kappa shape index (κ2) is 33.6. The number of carbonyl (C=O) groups is 9. The molecule has 3 spiro atoms. The minimum Gasteiger partial charge on any atom is -0.508 e. The predicted molar refractivity (Wildman–Crippen MR) is 470 cm³/mol. The zero-order valence-electron chi connectivity index (χ0n) is 69.4. The number of carbonyl (C=O) groups excluding carboxylic acids is 9. The third kappa shape index (κ3) is 14.7. The Kier molecular flexibility index (Phi) is 21.5. The van der Waals surface area contributed by atoms with Crippen molar-refractivity contribution in [1.82, 2.24) is 45.6 Å². The summed E-state index contributed by atoms with van der Waals surface area (Å²) in [6.07, 6.45) is -0.115. The van der Waals surface area contributed by atoms with Crippen molar-refractivity contribution >= 4 is 53.0 Å². The van der Waals surface area contributed by atoms with Crippen molar-refractivity contribution in [2.24, 2.45) is 0 Å². The number of aromatic nitrogens is 3. The van der Waals surface area contributed by atoms with Gasteiger partial charge in [0.2, 0.25) is 0 Å². The van der Waals surface area contributed by atoms with Crippen molar-refractivity contribution in [3.63, 3.8) is 0 Å². The zero-order valence-corrected chi connectivity index (χ0v) is 69.4. The number of ether oxygens (including phenoxy) is 6. The van der Waals surface area contributed by atoms with Crippen molar-refractivity contribution in [1.29, 1.82) is 0 Å². The van der Waals surface area contributed by atoms with Gasteiger partial charge in [0, 0.05) is 198 Å². The van der Waals surface area contributed by atoms with Crippen molar-refractivity contribution < 1.29 is 102 Å². The minimum atomic E-state index is -1.60. The molecule has 0 aliphatic carbocycles. The molecule has 6 aliphatic heterocycles. The minimum absolute atomic E-state index is 0.0385. The van der Waals surface area contributed by atoms with E-state index in [1.807, 2.05) is 0 Å². The van der Waals surface area contributed by atoms with Crippen LogP contribution in [0, 0.1) is 0 Å². The Morgan fingerprint density at radius 2 is 0.470 bits per heavy atom. The van der Waals surface area contributed by atoms with Crippen molar-refractivity contribution in [2.45, 2.75) is 36.1 Å². The van der Waals surface area contributed by atoms with Gasteiger partial charge in [-0.2, -0.15) is 0 Å². The molecular formula is C99H75N9O24. The van der Waals surface area contributed by atoms with Gasteiger partial charge in [-0.15, -0.1) is 0 Å². The van der Waals surface area contributed by atoms with E-state index in [1.165, 1.54) is 182 Å². The van der Waals surface area contributed by atoms with E-state index >= 15 is 0 Å². The van der Waals surface area contributed by atoms with Gasteiger partial charge in [0.1, 0.15) is 69.0 Å². The molecule has 660 valence electrons. The van der Waals surface area contributed by atoms with Crippen LogP contribution in [0.4, 0.5) is 0 Å². The summed E-state index contributed by atoms with van der Waals surface area (Å²) in [5.41, 5.74) is -3.31. The highest BCUT2D eigenvalue weighted by Crippen LogP contribution is 2.61. The summed E-state index contributed by atoms with van der Waals surface area (Å²) in [5.74, 6) is -4.23. The largest absolute Gasteiger partial charge is 0.508 e. The number of fused-ring (bicyclic) bond motifs is 18. The lowest BCUT2D eigenvalue weighted by molar-refractivity contribution is 0.0214. The number of nitrogens with one attached hydrogen (secondary N) is 6. The molecule has 6 aliphatic rings. The maximum atomic E-state index is 14.9. The van der Waals surface area contributed by atoms with E-state index in [1.54, 1.807) is 54.6 Å². The van der Waals surface area contributed by atoms with Crippen LogP contribution >= 0.6 is 0 Å². The third-order valence-electron chi connectivity index (χ3n) is 23.9. The van der Waals surface area contributed by atoms with E-state index in [0.717, 1.165) is 13.7 Å². The highest BCUT2D eigenvalue weighted by Gasteiger charge is 2.57. The molecule has 3 amide bonds. The smallest absolute Gasteiger partial charge is 0.345 e. The van der Waals surface area contributed by atoms with Crippen LogP contribution in [0.25, 0.3) is 17.1 Å². The molecule has 33 nitrogen and oxygen atoms in total. The van der Waals surface area contributed by atoms with Crippen LogP contribution in [0.5, 0.6) is 69.0 Å². The van der Waals surface area contributed by atoms with E-state index in [2.05, 4.69) is 31.9 Å². The van der Waals surface area contributed by atoms with Gasteiger partial charge in [0.15, 0.2) is 34.2 Å². The number of benzene rings is 12. The van der Waals surface area contributed by atoms with Crippen LogP contribution < -0.4 is 63.2 Å². The zero-order chi connectivity index (χ0) is 91.8. The summed E-state index contributed by atoms with van der Waals surface area (Å²) < 4.78 is 38.8. The normalized spacial score (nSPS) is 14.0. The maximum absolute atomic E-state index is 14.9. The summed E-state index contributed by atoms with van der Waals surface area (Å²) in [6.45, 7) is 1.41. The summed E-state index contributed by atoms with van der Waals surface area (Å²) in [4.78, 5) is 168. The van der Waals surface area contributed by atoms with Gasteiger partial charge < -0.3 is 91.0 Å². The molecule has 0 fully saturated rings. The van der Waals surface area contributed by atoms with Gasteiger partial charge in [0.25, 0.3) is 17.7 Å². The number of ketones is 3. The molecular weight excluding hydrogens is 1700 g/mol. The van der Waals surface area contributed by atoms with Gasteiger partial charge in [-0.1, -0.05) is 0 Å². The number of amides is 3. The van der Waals surface area contributed by atoms with E-state index < -0.39 is 69.5 Å². The molecule has 12 N–H and O–H groups in total. The Morgan fingerprint density at radius 1 is 0.250 bits per heavy atom. The molecule has 33 heteroatoms. The average molecular weight is 1770 g/mol. The molecule has 0 radical (unpaired) electrons. The second-order valence-corrected chi connectivity index (χ2v) is 31.9. The number of Topliss-reactive ketones (excluding diaryl/α,β-unsaturated/α-hetero) is 3. The Labute approximate surface area is 746 Å². The summed E-state index contributed by atoms with van der Waals surface area (Å²) in [5, 5.41) is 80.2. The lowest BCUT2D eigenvalue weighted by Gasteiger charge is -2.36. The Hall–Kier alpha value is -17.0. The molecule has 12 aromatic carbocycles. The first kappa shape index (κ1) is 84.5. The summed E-state index contributed by atoms with van der Waals surface area (Å²) >= 11 is 0. The SMILES string of the molecule is O=C(CCNCCNC(=O)c1ccc2c(c1)C1(OC2=O)c2ccc(O)cc2Oc2cc(O)ccc21)c1ccc(-n2c(=O)n(-c3ccc(C(=O)CCNCCNC(=O)c4ccc5c(c4)C4(OC5=O)c5ccc(O)cc5Oc5cc(O)ccc54)cc3)c(=O)n(-c3ccc(C(=O)CCNCCNC(=O)c4ccc5c(c4)C4(OC5=O)c5ccc(O)cc5Oc5cc(O)ccc54)cc3)c2=O)cc1. The number of rotatable bonds is 27. The summed E-state index contributed by atoms with van der Waals surface area (Å²) in [7, 11) is 0.